The Morgan fingerprint density at radius 2 is 1.93 bits per heavy atom. The molecule has 1 aromatic heterocycles. The van der Waals surface area contributed by atoms with Gasteiger partial charge in [-0.15, -0.1) is 0 Å². The molecular formula is C21H24N4O2. The molecule has 1 heterocycles. The number of hydrogen-bond donors (Lipinski definition) is 2. The Labute approximate surface area is 159 Å². The summed E-state index contributed by atoms with van der Waals surface area (Å²) in [5.41, 5.74) is 3.20. The molecule has 140 valence electrons. The zero-order valence-corrected chi connectivity index (χ0v) is 15.5. The lowest BCUT2D eigenvalue weighted by Crippen LogP contribution is -2.25. The van der Waals surface area contributed by atoms with Gasteiger partial charge in [-0.2, -0.15) is 0 Å². The summed E-state index contributed by atoms with van der Waals surface area (Å²) in [4.78, 5) is 32.0. The average molecular weight is 364 g/mol. The highest BCUT2D eigenvalue weighted by molar-refractivity contribution is 5.95. The molecule has 1 aliphatic carbocycles. The predicted octanol–water partition coefficient (Wildman–Crippen LogP) is 4.04. The number of nitrogens with zero attached hydrogens (tertiary/aromatic N) is 2. The van der Waals surface area contributed by atoms with Gasteiger partial charge in [0.15, 0.2) is 5.78 Å². The summed E-state index contributed by atoms with van der Waals surface area (Å²) in [7, 11) is 0. The van der Waals surface area contributed by atoms with E-state index in [0.717, 1.165) is 24.9 Å². The number of Topliss-reactive ketones (excluding diaryl/α,β-unsaturated/α-hetero) is 1. The van der Waals surface area contributed by atoms with E-state index in [2.05, 4.69) is 26.7 Å². The van der Waals surface area contributed by atoms with Crippen LogP contribution in [0.15, 0.2) is 48.3 Å². The molecule has 0 atom stereocenters. The van der Waals surface area contributed by atoms with Crippen molar-refractivity contribution in [3.63, 3.8) is 0 Å². The lowest BCUT2D eigenvalue weighted by atomic mass is 9.97. The highest BCUT2D eigenvalue weighted by Crippen LogP contribution is 2.19. The van der Waals surface area contributed by atoms with Crippen molar-refractivity contribution in [2.24, 2.45) is 0 Å². The molecule has 27 heavy (non-hydrogen) atoms. The van der Waals surface area contributed by atoms with Crippen LogP contribution in [0.3, 0.4) is 0 Å². The van der Waals surface area contributed by atoms with Gasteiger partial charge in [0, 0.05) is 30.2 Å². The monoisotopic (exact) mass is 364 g/mol. The lowest BCUT2D eigenvalue weighted by molar-refractivity contribution is 0.0952. The third-order valence-electron chi connectivity index (χ3n) is 4.56. The maximum atomic E-state index is 12.2. The lowest BCUT2D eigenvalue weighted by Gasteiger charge is -2.13. The molecular weight excluding hydrogens is 340 g/mol. The predicted molar refractivity (Wildman–Crippen MR) is 105 cm³/mol. The van der Waals surface area contributed by atoms with E-state index in [0.29, 0.717) is 23.6 Å². The number of aromatic nitrogens is 2. The van der Waals surface area contributed by atoms with Crippen LogP contribution in [0, 0.1) is 0 Å². The Morgan fingerprint density at radius 3 is 2.63 bits per heavy atom. The van der Waals surface area contributed by atoms with Crippen molar-refractivity contribution in [1.82, 2.24) is 15.3 Å². The number of rotatable bonds is 7. The van der Waals surface area contributed by atoms with Gasteiger partial charge < -0.3 is 10.6 Å². The fourth-order valence-corrected chi connectivity index (χ4v) is 3.03. The largest absolute Gasteiger partial charge is 0.352 e. The molecule has 6 heteroatoms. The molecule has 2 aromatic rings. The number of carbonyl (C=O) groups is 2. The number of hydrogen-bond acceptors (Lipinski definition) is 5. The third-order valence-corrected chi connectivity index (χ3v) is 4.56. The first-order valence-corrected chi connectivity index (χ1v) is 9.28. The number of ketones is 1. The number of nitrogens with one attached hydrogen (secondary N) is 2. The van der Waals surface area contributed by atoms with Gasteiger partial charge in [0.05, 0.1) is 5.56 Å². The van der Waals surface area contributed by atoms with Crippen LogP contribution >= 0.6 is 0 Å². The Kier molecular flexibility index (Phi) is 6.30. The van der Waals surface area contributed by atoms with Crippen molar-refractivity contribution in [3.8, 4) is 0 Å². The summed E-state index contributed by atoms with van der Waals surface area (Å²) < 4.78 is 0. The van der Waals surface area contributed by atoms with Crippen LogP contribution in [0.5, 0.6) is 0 Å². The van der Waals surface area contributed by atoms with Gasteiger partial charge in [0.2, 0.25) is 5.95 Å². The SMILES string of the molecule is CC(=O)c1cccc(Nc2ncc(C(=O)NCCC3=CCCCC3)cn2)c1. The molecule has 2 N–H and O–H groups in total. The summed E-state index contributed by atoms with van der Waals surface area (Å²) in [6.07, 6.45) is 11.0. The first kappa shape index (κ1) is 18.8. The maximum absolute atomic E-state index is 12.2. The fraction of sp³-hybridized carbons (Fsp3) is 0.333. The third kappa shape index (κ3) is 5.48. The van der Waals surface area contributed by atoms with Crippen LogP contribution in [-0.2, 0) is 0 Å². The second kappa shape index (κ2) is 9.07. The van der Waals surface area contributed by atoms with Crippen molar-refractivity contribution in [3.05, 3.63) is 59.4 Å². The van der Waals surface area contributed by atoms with Crippen molar-refractivity contribution in [1.29, 1.82) is 0 Å². The van der Waals surface area contributed by atoms with Crippen LogP contribution in [-0.4, -0.2) is 28.2 Å². The van der Waals surface area contributed by atoms with Crippen LogP contribution in [0.4, 0.5) is 11.6 Å². The molecule has 0 unspecified atom stereocenters. The summed E-state index contributed by atoms with van der Waals surface area (Å²) in [5, 5.41) is 5.96. The number of benzene rings is 1. The molecule has 0 radical (unpaired) electrons. The Morgan fingerprint density at radius 1 is 1.11 bits per heavy atom. The first-order chi connectivity index (χ1) is 13.1. The normalized spacial score (nSPS) is 13.6. The van der Waals surface area contributed by atoms with Gasteiger partial charge in [-0.25, -0.2) is 9.97 Å². The van der Waals surface area contributed by atoms with E-state index in [4.69, 9.17) is 0 Å². The second-order valence-electron chi connectivity index (χ2n) is 6.67. The van der Waals surface area contributed by atoms with Crippen LogP contribution in [0.25, 0.3) is 0 Å². The van der Waals surface area contributed by atoms with Crippen molar-refractivity contribution < 1.29 is 9.59 Å². The van der Waals surface area contributed by atoms with E-state index < -0.39 is 0 Å². The van der Waals surface area contributed by atoms with E-state index >= 15 is 0 Å². The molecule has 0 aliphatic heterocycles. The minimum absolute atomic E-state index is 0.00410. The molecule has 1 amide bonds. The van der Waals surface area contributed by atoms with Crippen LogP contribution in [0.1, 0.15) is 59.7 Å². The van der Waals surface area contributed by atoms with E-state index in [1.807, 2.05) is 6.07 Å². The summed E-state index contributed by atoms with van der Waals surface area (Å²) in [6, 6.07) is 7.12. The highest BCUT2D eigenvalue weighted by Gasteiger charge is 2.09. The Balaban J connectivity index is 1.53. The van der Waals surface area contributed by atoms with E-state index in [9.17, 15) is 9.59 Å². The zero-order valence-electron chi connectivity index (χ0n) is 15.5. The average Bonchev–Trinajstić information content (AvgIpc) is 2.69. The van der Waals surface area contributed by atoms with Crippen molar-refractivity contribution in [2.45, 2.75) is 39.0 Å². The molecule has 0 spiro atoms. The van der Waals surface area contributed by atoms with Gasteiger partial charge in [0.1, 0.15) is 0 Å². The molecule has 0 bridgehead atoms. The van der Waals surface area contributed by atoms with Gasteiger partial charge in [-0.3, -0.25) is 9.59 Å². The fourth-order valence-electron chi connectivity index (χ4n) is 3.03. The molecule has 0 fully saturated rings. The van der Waals surface area contributed by atoms with Crippen LogP contribution in [0.2, 0.25) is 0 Å². The Bertz CT molecular complexity index is 844. The molecule has 3 rings (SSSR count). The summed E-state index contributed by atoms with van der Waals surface area (Å²) in [5.74, 6) is 0.201. The first-order valence-electron chi connectivity index (χ1n) is 9.28. The molecule has 0 saturated heterocycles. The van der Waals surface area contributed by atoms with Gasteiger partial charge in [-0.05, 0) is 51.2 Å². The van der Waals surface area contributed by atoms with Crippen molar-refractivity contribution in [2.75, 3.05) is 11.9 Å². The smallest absolute Gasteiger partial charge is 0.254 e. The highest BCUT2D eigenvalue weighted by atomic mass is 16.1. The number of allylic oxidation sites excluding steroid dienone is 1. The maximum Gasteiger partial charge on any atom is 0.254 e. The molecule has 0 saturated carbocycles. The standard InChI is InChI=1S/C21H24N4O2/c1-15(26)17-8-5-9-19(12-17)25-21-23-13-18(14-24-21)20(27)22-11-10-16-6-3-2-4-7-16/h5-6,8-9,12-14H,2-4,7,10-11H2,1H3,(H,22,27)(H,23,24,25). The van der Waals surface area contributed by atoms with E-state index in [1.54, 1.807) is 18.2 Å². The molecule has 1 aromatic carbocycles. The van der Waals surface area contributed by atoms with Gasteiger partial charge >= 0.3 is 0 Å². The zero-order chi connectivity index (χ0) is 19.1. The molecule has 1 aliphatic rings. The van der Waals surface area contributed by atoms with Crippen LogP contribution < -0.4 is 10.6 Å². The van der Waals surface area contributed by atoms with E-state index in [1.165, 1.54) is 37.7 Å². The quantitative estimate of drug-likeness (QED) is 0.572. The number of anilines is 2. The minimum atomic E-state index is -0.170. The minimum Gasteiger partial charge on any atom is -0.352 e. The van der Waals surface area contributed by atoms with Gasteiger partial charge in [0.25, 0.3) is 5.91 Å². The van der Waals surface area contributed by atoms with Gasteiger partial charge in [-0.1, -0.05) is 23.8 Å². The molecule has 6 nitrogen and oxygen atoms in total. The number of amides is 1. The van der Waals surface area contributed by atoms with E-state index in [-0.39, 0.29) is 11.7 Å². The number of carbonyl (C=O) groups excluding carboxylic acids is 2. The topological polar surface area (TPSA) is 84.0 Å². The Hall–Kier alpha value is -3.02. The summed E-state index contributed by atoms with van der Waals surface area (Å²) >= 11 is 0. The second-order valence-corrected chi connectivity index (χ2v) is 6.67. The van der Waals surface area contributed by atoms with Crippen molar-refractivity contribution >= 4 is 23.3 Å². The summed E-state index contributed by atoms with van der Waals surface area (Å²) in [6.45, 7) is 2.15.